The van der Waals surface area contributed by atoms with Gasteiger partial charge in [0.15, 0.2) is 0 Å². The maximum absolute atomic E-state index is 2.55. The Labute approximate surface area is 347 Å². The Morgan fingerprint density at radius 3 is 1.54 bits per heavy atom. The lowest BCUT2D eigenvalue weighted by Gasteiger charge is -2.35. The van der Waals surface area contributed by atoms with Crippen molar-refractivity contribution in [2.75, 3.05) is 4.90 Å². The quantitative estimate of drug-likeness (QED) is 0.157. The third-order valence-corrected chi connectivity index (χ3v) is 13.0. The second kappa shape index (κ2) is 13.7. The molecule has 0 aliphatic heterocycles. The van der Waals surface area contributed by atoms with Crippen molar-refractivity contribution in [3.05, 3.63) is 258 Å². The van der Waals surface area contributed by atoms with Gasteiger partial charge < -0.3 is 4.90 Å². The molecular formula is C58H43N. The van der Waals surface area contributed by atoms with Gasteiger partial charge in [0.25, 0.3) is 0 Å². The summed E-state index contributed by atoms with van der Waals surface area (Å²) in [6.07, 6.45) is 0. The Balaban J connectivity index is 1.24. The molecular weight excluding hydrogens is 711 g/mol. The molecule has 0 aromatic heterocycles. The van der Waals surface area contributed by atoms with E-state index in [1.807, 2.05) is 0 Å². The van der Waals surface area contributed by atoms with Gasteiger partial charge in [-0.3, -0.25) is 0 Å². The minimum Gasteiger partial charge on any atom is -0.309 e. The predicted octanol–water partition coefficient (Wildman–Crippen LogP) is 15.2. The zero-order valence-corrected chi connectivity index (χ0v) is 33.3. The molecule has 0 amide bonds. The largest absolute Gasteiger partial charge is 0.309 e. The van der Waals surface area contributed by atoms with Gasteiger partial charge in [0.05, 0.1) is 16.8 Å². The molecule has 2 aliphatic carbocycles. The van der Waals surface area contributed by atoms with E-state index in [2.05, 4.69) is 243 Å². The molecule has 1 nitrogen and oxygen atoms in total. The lowest BCUT2D eigenvalue weighted by atomic mass is 9.68. The molecule has 59 heavy (non-hydrogen) atoms. The first-order chi connectivity index (χ1) is 29.0. The van der Waals surface area contributed by atoms with Crippen LogP contribution in [0.5, 0.6) is 0 Å². The van der Waals surface area contributed by atoms with E-state index in [0.29, 0.717) is 0 Å². The lowest BCUT2D eigenvalue weighted by molar-refractivity contribution is 0.660. The highest BCUT2D eigenvalue weighted by Crippen LogP contribution is 2.60. The second-order valence-electron chi connectivity index (χ2n) is 16.4. The predicted molar refractivity (Wildman–Crippen MR) is 247 cm³/mol. The Kier molecular flexibility index (Phi) is 8.13. The van der Waals surface area contributed by atoms with E-state index in [1.165, 1.54) is 77.9 Å². The minimum atomic E-state index is -0.517. The van der Waals surface area contributed by atoms with Crippen LogP contribution in [0.4, 0.5) is 17.1 Å². The first kappa shape index (κ1) is 35.0. The smallest absolute Gasteiger partial charge is 0.0714 e. The van der Waals surface area contributed by atoms with E-state index in [-0.39, 0.29) is 5.41 Å². The van der Waals surface area contributed by atoms with Crippen LogP contribution < -0.4 is 4.90 Å². The minimum absolute atomic E-state index is 0.159. The van der Waals surface area contributed by atoms with Gasteiger partial charge in [0, 0.05) is 22.2 Å². The van der Waals surface area contributed by atoms with Crippen LogP contribution >= 0.6 is 0 Å². The Hall–Kier alpha value is -7.22. The first-order valence-electron chi connectivity index (χ1n) is 20.7. The molecule has 11 rings (SSSR count). The fourth-order valence-corrected chi connectivity index (χ4v) is 10.3. The SMILES string of the molecule is CC1(C)c2ccccc2-c2ccc(N(c3ccc(-c4ccccc4)cc3-c3ccccc3)c3cccc4c3-c3ccccc3C4(c3ccccc3)c3ccccc3)cc21. The summed E-state index contributed by atoms with van der Waals surface area (Å²) in [4.78, 5) is 2.55. The van der Waals surface area contributed by atoms with E-state index in [1.54, 1.807) is 0 Å². The van der Waals surface area contributed by atoms with Gasteiger partial charge in [-0.2, -0.15) is 0 Å². The number of anilines is 3. The molecule has 0 saturated carbocycles. The second-order valence-corrected chi connectivity index (χ2v) is 16.4. The summed E-state index contributed by atoms with van der Waals surface area (Å²) in [5.74, 6) is 0. The number of hydrogen-bond acceptors (Lipinski definition) is 1. The average Bonchev–Trinajstić information content (AvgIpc) is 3.74. The van der Waals surface area contributed by atoms with Gasteiger partial charge >= 0.3 is 0 Å². The van der Waals surface area contributed by atoms with Crippen LogP contribution in [0, 0.1) is 0 Å². The standard InChI is InChI=1S/C58H43N/c1-57(2)50-30-17-15-28-46(50)47-36-35-45(39-53(47)57)59(54-37-34-42(40-20-7-3-8-21-40)38-49(54)41-22-9-4-10-23-41)55-33-19-32-52-56(55)48-29-16-18-31-51(48)58(52,43-24-11-5-12-25-43)44-26-13-6-14-27-44/h3-39H,1-2H3. The first-order valence-corrected chi connectivity index (χ1v) is 20.7. The number of benzene rings is 9. The van der Waals surface area contributed by atoms with Crippen molar-refractivity contribution in [3.8, 4) is 44.5 Å². The highest BCUT2D eigenvalue weighted by atomic mass is 15.1. The zero-order valence-electron chi connectivity index (χ0n) is 33.3. The van der Waals surface area contributed by atoms with Gasteiger partial charge in [-0.05, 0) is 97.1 Å². The zero-order chi connectivity index (χ0) is 39.6. The van der Waals surface area contributed by atoms with Crippen molar-refractivity contribution in [2.24, 2.45) is 0 Å². The third kappa shape index (κ3) is 5.31. The molecule has 0 saturated heterocycles. The van der Waals surface area contributed by atoms with Gasteiger partial charge in [0.1, 0.15) is 0 Å². The van der Waals surface area contributed by atoms with Crippen molar-refractivity contribution in [1.82, 2.24) is 0 Å². The van der Waals surface area contributed by atoms with E-state index >= 15 is 0 Å². The number of fused-ring (bicyclic) bond motifs is 6. The number of nitrogens with zero attached hydrogens (tertiary/aromatic N) is 1. The van der Waals surface area contributed by atoms with Crippen molar-refractivity contribution >= 4 is 17.1 Å². The summed E-state index contributed by atoms with van der Waals surface area (Å²) in [5, 5.41) is 0. The monoisotopic (exact) mass is 753 g/mol. The summed E-state index contributed by atoms with van der Waals surface area (Å²) in [6, 6.07) is 83.1. The van der Waals surface area contributed by atoms with Crippen LogP contribution in [0.3, 0.4) is 0 Å². The molecule has 0 unspecified atom stereocenters. The normalized spacial score (nSPS) is 13.9. The summed E-state index contributed by atoms with van der Waals surface area (Å²) in [5.41, 5.74) is 20.5. The molecule has 9 aromatic carbocycles. The summed E-state index contributed by atoms with van der Waals surface area (Å²) < 4.78 is 0. The molecule has 0 atom stereocenters. The third-order valence-electron chi connectivity index (χ3n) is 13.0. The highest BCUT2D eigenvalue weighted by molar-refractivity contribution is 6.00. The fraction of sp³-hybridized carbons (Fsp3) is 0.0690. The highest BCUT2D eigenvalue weighted by Gasteiger charge is 2.47. The van der Waals surface area contributed by atoms with E-state index in [0.717, 1.165) is 17.1 Å². The summed E-state index contributed by atoms with van der Waals surface area (Å²) in [7, 11) is 0. The summed E-state index contributed by atoms with van der Waals surface area (Å²) >= 11 is 0. The molecule has 1 heteroatoms. The molecule has 0 heterocycles. The van der Waals surface area contributed by atoms with E-state index in [9.17, 15) is 0 Å². The van der Waals surface area contributed by atoms with Gasteiger partial charge in [-0.25, -0.2) is 0 Å². The average molecular weight is 754 g/mol. The van der Waals surface area contributed by atoms with E-state index in [4.69, 9.17) is 0 Å². The lowest BCUT2D eigenvalue weighted by Crippen LogP contribution is -2.28. The molecule has 280 valence electrons. The van der Waals surface area contributed by atoms with Gasteiger partial charge in [-0.1, -0.05) is 208 Å². The summed E-state index contributed by atoms with van der Waals surface area (Å²) in [6.45, 7) is 4.75. The van der Waals surface area contributed by atoms with E-state index < -0.39 is 5.41 Å². The van der Waals surface area contributed by atoms with Crippen molar-refractivity contribution in [3.63, 3.8) is 0 Å². The maximum Gasteiger partial charge on any atom is 0.0714 e. The van der Waals surface area contributed by atoms with Crippen LogP contribution in [0.25, 0.3) is 44.5 Å². The maximum atomic E-state index is 2.55. The molecule has 0 fully saturated rings. The number of hydrogen-bond donors (Lipinski definition) is 0. The molecule has 0 bridgehead atoms. The molecule has 2 aliphatic rings. The Morgan fingerprint density at radius 2 is 0.864 bits per heavy atom. The van der Waals surface area contributed by atoms with Crippen LogP contribution in [0.2, 0.25) is 0 Å². The van der Waals surface area contributed by atoms with Crippen LogP contribution in [-0.2, 0) is 10.8 Å². The molecule has 0 radical (unpaired) electrons. The van der Waals surface area contributed by atoms with Crippen molar-refractivity contribution in [2.45, 2.75) is 24.7 Å². The molecule has 0 N–H and O–H groups in total. The van der Waals surface area contributed by atoms with Crippen molar-refractivity contribution in [1.29, 1.82) is 0 Å². The Bertz CT molecular complexity index is 2960. The van der Waals surface area contributed by atoms with Gasteiger partial charge in [0.2, 0.25) is 0 Å². The number of rotatable bonds is 7. The van der Waals surface area contributed by atoms with Gasteiger partial charge in [-0.15, -0.1) is 0 Å². The fourth-order valence-electron chi connectivity index (χ4n) is 10.3. The molecule has 0 spiro atoms. The topological polar surface area (TPSA) is 3.24 Å². The van der Waals surface area contributed by atoms with Crippen LogP contribution in [0.1, 0.15) is 47.2 Å². The van der Waals surface area contributed by atoms with Crippen LogP contribution in [0.15, 0.2) is 224 Å². The Morgan fingerprint density at radius 1 is 0.322 bits per heavy atom. The molecule has 9 aromatic rings. The van der Waals surface area contributed by atoms with Crippen molar-refractivity contribution < 1.29 is 0 Å². The van der Waals surface area contributed by atoms with Crippen LogP contribution in [-0.4, -0.2) is 0 Å².